The summed E-state index contributed by atoms with van der Waals surface area (Å²) in [6.45, 7) is 15.5. The van der Waals surface area contributed by atoms with Crippen LogP contribution in [0.4, 0.5) is 4.79 Å². The molecular weight excluding hydrogens is 384 g/mol. The van der Waals surface area contributed by atoms with Crippen molar-refractivity contribution in [1.82, 2.24) is 10.6 Å². The number of hydrogen-bond acceptors (Lipinski definition) is 4. The van der Waals surface area contributed by atoms with Crippen LogP contribution in [0.3, 0.4) is 0 Å². The quantitative estimate of drug-likeness (QED) is 0.460. The van der Waals surface area contributed by atoms with E-state index in [9.17, 15) is 9.59 Å². The third-order valence-corrected chi connectivity index (χ3v) is 12.2. The van der Waals surface area contributed by atoms with Crippen LogP contribution < -0.4 is 10.6 Å². The van der Waals surface area contributed by atoms with E-state index in [4.69, 9.17) is 9.16 Å². The smallest absolute Gasteiger partial charge is 0.408 e. The second-order valence-corrected chi connectivity index (χ2v) is 14.3. The van der Waals surface area contributed by atoms with Crippen LogP contribution in [0, 0.1) is 0 Å². The first-order valence-corrected chi connectivity index (χ1v) is 12.7. The van der Waals surface area contributed by atoms with Crippen molar-refractivity contribution in [2.45, 2.75) is 89.9 Å². The second kappa shape index (κ2) is 9.76. The molecule has 0 unspecified atom stereocenters. The molecule has 29 heavy (non-hydrogen) atoms. The summed E-state index contributed by atoms with van der Waals surface area (Å²) in [7, 11) is -2.08. The van der Waals surface area contributed by atoms with E-state index in [-0.39, 0.29) is 24.7 Å². The zero-order valence-corrected chi connectivity index (χ0v) is 19.7. The maximum absolute atomic E-state index is 12.2. The number of β-lactam (4-membered cyclic amide) rings is 1. The number of alkyl carbamates (subject to hydrolysis) is 1. The fourth-order valence-corrected chi connectivity index (χ4v) is 10.3. The normalized spacial score (nSPS) is 20.4. The number of amides is 2. The minimum Gasteiger partial charge on any atom is -0.445 e. The Labute approximate surface area is 175 Å². The van der Waals surface area contributed by atoms with Gasteiger partial charge >= 0.3 is 6.09 Å². The SMILES string of the molecule is CC(C)[Si](O[C@@H](C)[C@H]1NC(=O)[C@@H]1NC(=O)OCc1ccccc1)(C(C)C)C(C)C. The van der Waals surface area contributed by atoms with Crippen molar-refractivity contribution in [1.29, 1.82) is 0 Å². The maximum atomic E-state index is 12.2. The highest BCUT2D eigenvalue weighted by molar-refractivity contribution is 6.77. The van der Waals surface area contributed by atoms with Gasteiger partial charge in [-0.05, 0) is 29.1 Å². The number of hydrogen-bond donors (Lipinski definition) is 2. The van der Waals surface area contributed by atoms with Gasteiger partial charge in [-0.15, -0.1) is 0 Å². The van der Waals surface area contributed by atoms with Crippen LogP contribution in [0.25, 0.3) is 0 Å². The van der Waals surface area contributed by atoms with E-state index in [1.165, 1.54) is 0 Å². The van der Waals surface area contributed by atoms with Crippen LogP contribution in [0.1, 0.15) is 54.0 Å². The lowest BCUT2D eigenvalue weighted by Gasteiger charge is -2.48. The van der Waals surface area contributed by atoms with Crippen LogP contribution in [-0.2, 0) is 20.6 Å². The number of benzene rings is 1. The van der Waals surface area contributed by atoms with Gasteiger partial charge in [0.1, 0.15) is 12.6 Å². The van der Waals surface area contributed by atoms with E-state index in [1.807, 2.05) is 37.3 Å². The van der Waals surface area contributed by atoms with Gasteiger partial charge in [0, 0.05) is 0 Å². The maximum Gasteiger partial charge on any atom is 0.408 e. The van der Waals surface area contributed by atoms with E-state index in [0.29, 0.717) is 16.6 Å². The molecule has 1 fully saturated rings. The van der Waals surface area contributed by atoms with Gasteiger partial charge in [0.05, 0.1) is 12.1 Å². The molecule has 0 aromatic heterocycles. The molecule has 0 saturated carbocycles. The molecule has 1 saturated heterocycles. The van der Waals surface area contributed by atoms with Crippen molar-refractivity contribution >= 4 is 20.3 Å². The molecule has 6 nitrogen and oxygen atoms in total. The van der Waals surface area contributed by atoms with Gasteiger partial charge < -0.3 is 19.8 Å². The summed E-state index contributed by atoms with van der Waals surface area (Å²) >= 11 is 0. The monoisotopic (exact) mass is 420 g/mol. The number of rotatable bonds is 9. The molecule has 0 radical (unpaired) electrons. The van der Waals surface area contributed by atoms with E-state index in [1.54, 1.807) is 0 Å². The van der Waals surface area contributed by atoms with Crippen molar-refractivity contribution in [2.75, 3.05) is 0 Å². The van der Waals surface area contributed by atoms with Gasteiger partial charge in [-0.2, -0.15) is 0 Å². The first-order chi connectivity index (χ1) is 13.6. The molecule has 0 bridgehead atoms. The summed E-state index contributed by atoms with van der Waals surface area (Å²) in [5, 5.41) is 5.60. The average molecular weight is 421 g/mol. The van der Waals surface area contributed by atoms with Gasteiger partial charge in [-0.1, -0.05) is 71.9 Å². The molecule has 1 aromatic rings. The molecule has 3 atom stereocenters. The largest absolute Gasteiger partial charge is 0.445 e. The lowest BCUT2D eigenvalue weighted by molar-refractivity contribution is -0.134. The summed E-state index contributed by atoms with van der Waals surface area (Å²) < 4.78 is 12.0. The highest BCUT2D eigenvalue weighted by Crippen LogP contribution is 2.43. The third-order valence-electron chi connectivity index (χ3n) is 6.04. The first kappa shape index (κ1) is 23.4. The molecule has 162 valence electrons. The first-order valence-electron chi connectivity index (χ1n) is 10.5. The summed E-state index contributed by atoms with van der Waals surface area (Å²) in [6.07, 6.45) is -0.781. The summed E-state index contributed by atoms with van der Waals surface area (Å²) in [5.41, 5.74) is 2.24. The molecule has 2 amide bonds. The third kappa shape index (κ3) is 5.20. The van der Waals surface area contributed by atoms with Gasteiger partial charge in [-0.3, -0.25) is 4.79 Å². The molecule has 1 heterocycles. The summed E-state index contributed by atoms with van der Waals surface area (Å²) in [6, 6.07) is 8.56. The van der Waals surface area contributed by atoms with Crippen LogP contribution in [0.15, 0.2) is 30.3 Å². The number of carbonyl (C=O) groups is 2. The predicted molar refractivity (Wildman–Crippen MR) is 117 cm³/mol. The van der Waals surface area contributed by atoms with Crippen LogP contribution >= 0.6 is 0 Å². The molecule has 0 spiro atoms. The Morgan fingerprint density at radius 1 is 1.03 bits per heavy atom. The summed E-state index contributed by atoms with van der Waals surface area (Å²) in [5.74, 6) is -0.201. The molecule has 7 heteroatoms. The van der Waals surface area contributed by atoms with E-state index in [0.717, 1.165) is 5.56 Å². The van der Waals surface area contributed by atoms with E-state index < -0.39 is 20.5 Å². The number of carbonyl (C=O) groups excluding carboxylic acids is 2. The van der Waals surface area contributed by atoms with Gasteiger partial charge in [-0.25, -0.2) is 4.79 Å². The van der Waals surface area contributed by atoms with E-state index >= 15 is 0 Å². The molecule has 0 aliphatic carbocycles. The van der Waals surface area contributed by atoms with Gasteiger partial charge in [0.2, 0.25) is 14.2 Å². The zero-order valence-electron chi connectivity index (χ0n) is 18.7. The Balaban J connectivity index is 1.99. The molecule has 1 aliphatic rings. The standard InChI is InChI=1S/C22H36N2O4Si/c1-14(2)29(15(3)4,16(5)6)28-17(7)19-20(21(25)23-19)24-22(26)27-13-18-11-9-8-10-12-18/h8-12,14-17,19-20H,13H2,1-7H3,(H,23,25)(H,24,26)/t17-,19+,20+/m0/s1. The zero-order chi connectivity index (χ0) is 21.8. The van der Waals surface area contributed by atoms with Crippen molar-refractivity contribution in [2.24, 2.45) is 0 Å². The molecule has 2 rings (SSSR count). The second-order valence-electron chi connectivity index (χ2n) is 8.86. The van der Waals surface area contributed by atoms with Crippen molar-refractivity contribution in [3.8, 4) is 0 Å². The summed E-state index contributed by atoms with van der Waals surface area (Å²) in [4.78, 5) is 24.3. The van der Waals surface area contributed by atoms with Crippen molar-refractivity contribution < 1.29 is 18.8 Å². The Hall–Kier alpha value is -1.86. The average Bonchev–Trinajstić information content (AvgIpc) is 2.66. The molecule has 2 N–H and O–H groups in total. The van der Waals surface area contributed by atoms with Crippen LogP contribution in [0.2, 0.25) is 16.6 Å². The number of ether oxygens (including phenoxy) is 1. The van der Waals surface area contributed by atoms with E-state index in [2.05, 4.69) is 52.2 Å². The minimum atomic E-state index is -2.08. The van der Waals surface area contributed by atoms with Gasteiger partial charge in [0.25, 0.3) is 0 Å². The topological polar surface area (TPSA) is 76.7 Å². The van der Waals surface area contributed by atoms with Crippen molar-refractivity contribution in [3.05, 3.63) is 35.9 Å². The Morgan fingerprint density at radius 3 is 2.07 bits per heavy atom. The Bertz CT molecular complexity index is 672. The molecule has 1 aliphatic heterocycles. The fraction of sp³-hybridized carbons (Fsp3) is 0.636. The molecular formula is C22H36N2O4Si. The van der Waals surface area contributed by atoms with Gasteiger partial charge in [0.15, 0.2) is 0 Å². The van der Waals surface area contributed by atoms with Crippen molar-refractivity contribution in [3.63, 3.8) is 0 Å². The highest BCUT2D eigenvalue weighted by atomic mass is 28.4. The lowest BCUT2D eigenvalue weighted by Crippen LogP contribution is -2.73. The lowest BCUT2D eigenvalue weighted by atomic mass is 9.95. The highest BCUT2D eigenvalue weighted by Gasteiger charge is 2.51. The predicted octanol–water partition coefficient (Wildman–Crippen LogP) is 4.36. The fourth-order valence-electron chi connectivity index (χ4n) is 4.64. The minimum absolute atomic E-state index is 0.168. The number of nitrogens with one attached hydrogen (secondary N) is 2. The Morgan fingerprint density at radius 2 is 1.59 bits per heavy atom. The Kier molecular flexibility index (Phi) is 7.88. The van der Waals surface area contributed by atoms with Crippen LogP contribution in [0.5, 0.6) is 0 Å². The molecule has 1 aromatic carbocycles. The van der Waals surface area contributed by atoms with Crippen LogP contribution in [-0.4, -0.2) is 38.5 Å².